The van der Waals surface area contributed by atoms with Crippen LogP contribution in [-0.4, -0.2) is 33.9 Å². The van der Waals surface area contributed by atoms with Gasteiger partial charge in [-0.05, 0) is 49.4 Å². The largest absolute Gasteiger partial charge is 0.438 e. The van der Waals surface area contributed by atoms with Gasteiger partial charge in [0.1, 0.15) is 12.1 Å². The maximum absolute atomic E-state index is 12.6. The van der Waals surface area contributed by atoms with Gasteiger partial charge in [-0.3, -0.25) is 14.1 Å². The highest BCUT2D eigenvalue weighted by atomic mass is 32.2. The van der Waals surface area contributed by atoms with Crippen LogP contribution in [0.2, 0.25) is 0 Å². The molecule has 1 N–H and O–H groups in total. The van der Waals surface area contributed by atoms with Gasteiger partial charge in [0.05, 0.1) is 4.90 Å². The number of Topliss-reactive ketones (excluding diaryl/α,β-unsaturated/α-hetero) is 1. The number of sulfonamides is 1. The molecule has 156 valence electrons. The first-order valence-corrected chi connectivity index (χ1v) is 10.6. The minimum absolute atomic E-state index is 0.00813. The predicted octanol–water partition coefficient (Wildman–Crippen LogP) is 3.46. The van der Waals surface area contributed by atoms with E-state index in [2.05, 4.69) is 19.9 Å². The quantitative estimate of drug-likeness (QED) is 0.442. The van der Waals surface area contributed by atoms with Crippen LogP contribution in [-0.2, 0) is 10.0 Å². The fourth-order valence-electron chi connectivity index (χ4n) is 2.71. The van der Waals surface area contributed by atoms with Crippen LogP contribution < -0.4 is 9.46 Å². The lowest BCUT2D eigenvalue weighted by atomic mass is 10.2. The second-order valence-corrected chi connectivity index (χ2v) is 8.20. The maximum Gasteiger partial charge on any atom is 0.261 e. The summed E-state index contributed by atoms with van der Waals surface area (Å²) in [7, 11) is -3.84. The average molecular weight is 435 g/mol. The van der Waals surface area contributed by atoms with Crippen LogP contribution in [0.25, 0.3) is 5.82 Å². The molecule has 0 aliphatic heterocycles. The maximum atomic E-state index is 12.6. The van der Waals surface area contributed by atoms with Crippen molar-refractivity contribution in [2.75, 3.05) is 4.72 Å². The Kier molecular flexibility index (Phi) is 5.46. The Labute approximate surface area is 178 Å². The van der Waals surface area contributed by atoms with E-state index < -0.39 is 10.0 Å². The van der Waals surface area contributed by atoms with Gasteiger partial charge in [0, 0.05) is 29.7 Å². The number of carbonyl (C=O) groups is 1. The minimum Gasteiger partial charge on any atom is -0.438 e. The average Bonchev–Trinajstić information content (AvgIpc) is 3.30. The van der Waals surface area contributed by atoms with E-state index in [0.717, 1.165) is 0 Å². The molecule has 0 unspecified atom stereocenters. The number of aromatic nitrogens is 4. The van der Waals surface area contributed by atoms with Crippen molar-refractivity contribution in [3.8, 4) is 17.4 Å². The van der Waals surface area contributed by atoms with E-state index in [9.17, 15) is 13.2 Å². The van der Waals surface area contributed by atoms with Crippen molar-refractivity contribution in [1.29, 1.82) is 0 Å². The first-order valence-electron chi connectivity index (χ1n) is 9.14. The Morgan fingerprint density at radius 3 is 2.48 bits per heavy atom. The molecular weight excluding hydrogens is 418 g/mol. The molecule has 0 saturated heterocycles. The molecule has 0 spiro atoms. The third-order valence-electron chi connectivity index (χ3n) is 4.27. The SMILES string of the molecule is CC(=O)c1cccc(S(=O)(=O)Nc2ccc(Oc3ccc(-n4ccnc4)nn3)cc2)c1. The normalized spacial score (nSPS) is 11.1. The summed E-state index contributed by atoms with van der Waals surface area (Å²) in [5.41, 5.74) is 0.675. The summed E-state index contributed by atoms with van der Waals surface area (Å²) < 4.78 is 35.1. The molecule has 10 heteroatoms. The van der Waals surface area contributed by atoms with Crippen molar-refractivity contribution in [1.82, 2.24) is 19.7 Å². The zero-order chi connectivity index (χ0) is 21.8. The van der Waals surface area contributed by atoms with E-state index in [1.807, 2.05) is 0 Å². The number of rotatable bonds is 7. The molecule has 0 atom stereocenters. The summed E-state index contributed by atoms with van der Waals surface area (Å²) >= 11 is 0. The molecule has 2 aromatic heterocycles. The van der Waals surface area contributed by atoms with E-state index in [4.69, 9.17) is 4.74 Å². The van der Waals surface area contributed by atoms with Crippen molar-refractivity contribution in [2.45, 2.75) is 11.8 Å². The van der Waals surface area contributed by atoms with Gasteiger partial charge in [-0.2, -0.15) is 0 Å². The van der Waals surface area contributed by atoms with Crippen molar-refractivity contribution in [2.24, 2.45) is 0 Å². The molecule has 0 saturated carbocycles. The van der Waals surface area contributed by atoms with E-state index >= 15 is 0 Å². The highest BCUT2D eigenvalue weighted by Crippen LogP contribution is 2.23. The van der Waals surface area contributed by atoms with Gasteiger partial charge in [-0.1, -0.05) is 12.1 Å². The Morgan fingerprint density at radius 2 is 1.84 bits per heavy atom. The van der Waals surface area contributed by atoms with Crippen molar-refractivity contribution in [3.63, 3.8) is 0 Å². The van der Waals surface area contributed by atoms with Gasteiger partial charge in [0.25, 0.3) is 10.0 Å². The Balaban J connectivity index is 1.44. The van der Waals surface area contributed by atoms with E-state index in [0.29, 0.717) is 28.7 Å². The highest BCUT2D eigenvalue weighted by molar-refractivity contribution is 7.92. The fourth-order valence-corrected chi connectivity index (χ4v) is 3.81. The number of benzene rings is 2. The molecular formula is C21H17N5O4S. The van der Waals surface area contributed by atoms with Crippen LogP contribution in [0.3, 0.4) is 0 Å². The molecule has 9 nitrogen and oxygen atoms in total. The van der Waals surface area contributed by atoms with Crippen LogP contribution in [0.1, 0.15) is 17.3 Å². The number of ketones is 1. The minimum atomic E-state index is -3.84. The lowest BCUT2D eigenvalue weighted by Crippen LogP contribution is -2.13. The number of anilines is 1. The molecule has 0 radical (unpaired) electrons. The third-order valence-corrected chi connectivity index (χ3v) is 5.65. The van der Waals surface area contributed by atoms with E-state index in [-0.39, 0.29) is 10.7 Å². The van der Waals surface area contributed by atoms with Gasteiger partial charge < -0.3 is 4.74 Å². The lowest BCUT2D eigenvalue weighted by molar-refractivity contribution is 0.101. The molecule has 31 heavy (non-hydrogen) atoms. The summed E-state index contributed by atoms with van der Waals surface area (Å²) in [5, 5.41) is 8.08. The number of carbonyl (C=O) groups excluding carboxylic acids is 1. The van der Waals surface area contributed by atoms with Gasteiger partial charge in [-0.25, -0.2) is 13.4 Å². The Morgan fingerprint density at radius 1 is 1.03 bits per heavy atom. The summed E-state index contributed by atoms with van der Waals surface area (Å²) in [6, 6.07) is 15.6. The summed E-state index contributed by atoms with van der Waals surface area (Å²) in [6.45, 7) is 1.38. The van der Waals surface area contributed by atoms with Crippen molar-refractivity contribution >= 4 is 21.5 Å². The summed E-state index contributed by atoms with van der Waals surface area (Å²) in [6.07, 6.45) is 5.00. The molecule has 2 heterocycles. The second kappa shape index (κ2) is 8.36. The standard InChI is InChI=1S/C21H17N5O4S/c1-15(27)16-3-2-4-19(13-16)31(28,29)25-17-5-7-18(8-6-17)30-21-10-9-20(23-24-21)26-12-11-22-14-26/h2-14,25H,1H3. The summed E-state index contributed by atoms with van der Waals surface area (Å²) in [5.74, 6) is 1.15. The smallest absolute Gasteiger partial charge is 0.261 e. The Hall–Kier alpha value is -4.05. The first kappa shape index (κ1) is 20.2. The number of hydrogen-bond acceptors (Lipinski definition) is 7. The van der Waals surface area contributed by atoms with E-state index in [1.54, 1.807) is 65.8 Å². The molecule has 0 bridgehead atoms. The van der Waals surface area contributed by atoms with Gasteiger partial charge in [0.15, 0.2) is 11.6 Å². The summed E-state index contributed by atoms with van der Waals surface area (Å²) in [4.78, 5) is 15.5. The lowest BCUT2D eigenvalue weighted by Gasteiger charge is -2.10. The number of imidazole rings is 1. The predicted molar refractivity (Wildman–Crippen MR) is 113 cm³/mol. The van der Waals surface area contributed by atoms with Crippen LogP contribution in [0.5, 0.6) is 11.6 Å². The van der Waals surface area contributed by atoms with Gasteiger partial charge in [0.2, 0.25) is 5.88 Å². The van der Waals surface area contributed by atoms with Crippen LogP contribution >= 0.6 is 0 Å². The van der Waals surface area contributed by atoms with E-state index in [1.165, 1.54) is 25.1 Å². The number of nitrogens with zero attached hydrogens (tertiary/aromatic N) is 4. The second-order valence-electron chi connectivity index (χ2n) is 6.52. The van der Waals surface area contributed by atoms with Crippen molar-refractivity contribution < 1.29 is 17.9 Å². The topological polar surface area (TPSA) is 116 Å². The van der Waals surface area contributed by atoms with Gasteiger partial charge >= 0.3 is 0 Å². The highest BCUT2D eigenvalue weighted by Gasteiger charge is 2.15. The Bertz CT molecular complexity index is 1300. The molecule has 2 aromatic carbocycles. The zero-order valence-electron chi connectivity index (χ0n) is 16.3. The fraction of sp³-hybridized carbons (Fsp3) is 0.0476. The van der Waals surface area contributed by atoms with Crippen LogP contribution in [0, 0.1) is 0 Å². The molecule has 4 rings (SSSR count). The molecule has 0 aliphatic carbocycles. The first-order chi connectivity index (χ1) is 14.9. The van der Waals surface area contributed by atoms with Crippen LogP contribution in [0.15, 0.2) is 84.3 Å². The zero-order valence-corrected chi connectivity index (χ0v) is 17.2. The monoisotopic (exact) mass is 435 g/mol. The van der Waals surface area contributed by atoms with Gasteiger partial charge in [-0.15, -0.1) is 10.2 Å². The third kappa shape index (κ3) is 4.75. The van der Waals surface area contributed by atoms with Crippen molar-refractivity contribution in [3.05, 3.63) is 84.9 Å². The molecule has 0 amide bonds. The number of ether oxygens (including phenoxy) is 1. The van der Waals surface area contributed by atoms with Crippen LogP contribution in [0.4, 0.5) is 5.69 Å². The molecule has 0 aliphatic rings. The number of nitrogens with one attached hydrogen (secondary N) is 1. The molecule has 4 aromatic rings. The molecule has 0 fully saturated rings. The number of hydrogen-bond donors (Lipinski definition) is 1.